The number of nitriles is 1. The molecule has 112 valence electrons. The highest BCUT2D eigenvalue weighted by Crippen LogP contribution is 2.33. The maximum Gasteiger partial charge on any atom is 0.222 e. The number of nitrogens with zero attached hydrogens (tertiary/aromatic N) is 5. The molecule has 0 amide bonds. The maximum absolute atomic E-state index is 9.21. The van der Waals surface area contributed by atoms with E-state index in [2.05, 4.69) is 25.9 Å². The van der Waals surface area contributed by atoms with Crippen LogP contribution in [0.15, 0.2) is 24.5 Å². The topological polar surface area (TPSA) is 91.7 Å². The quantitative estimate of drug-likeness (QED) is 0.912. The van der Waals surface area contributed by atoms with Crippen LogP contribution in [0.5, 0.6) is 0 Å². The SMILES string of the molecule is Cc1nc(N)nc(N2CCCC(C#N)C2)c1-c1cccnc1. The molecule has 2 N–H and O–H groups in total. The van der Waals surface area contributed by atoms with Gasteiger partial charge >= 0.3 is 0 Å². The number of hydrogen-bond acceptors (Lipinski definition) is 6. The highest BCUT2D eigenvalue weighted by atomic mass is 15.2. The van der Waals surface area contributed by atoms with Crippen molar-refractivity contribution in [1.29, 1.82) is 5.26 Å². The highest BCUT2D eigenvalue weighted by Gasteiger charge is 2.24. The molecule has 6 nitrogen and oxygen atoms in total. The molecular formula is C16H18N6. The second-order valence-electron chi connectivity index (χ2n) is 5.52. The van der Waals surface area contributed by atoms with Crippen LogP contribution >= 0.6 is 0 Å². The number of aromatic nitrogens is 3. The summed E-state index contributed by atoms with van der Waals surface area (Å²) in [6.45, 7) is 3.48. The van der Waals surface area contributed by atoms with Crippen molar-refractivity contribution in [2.24, 2.45) is 5.92 Å². The Morgan fingerprint density at radius 2 is 2.27 bits per heavy atom. The van der Waals surface area contributed by atoms with Crippen LogP contribution in [0.3, 0.4) is 0 Å². The average molecular weight is 294 g/mol. The molecule has 0 saturated carbocycles. The molecule has 0 aromatic carbocycles. The van der Waals surface area contributed by atoms with Crippen molar-refractivity contribution in [3.8, 4) is 17.2 Å². The Morgan fingerprint density at radius 1 is 1.41 bits per heavy atom. The third-order valence-electron chi connectivity index (χ3n) is 3.94. The zero-order chi connectivity index (χ0) is 15.5. The minimum atomic E-state index is 0.0343. The third kappa shape index (κ3) is 2.70. The minimum Gasteiger partial charge on any atom is -0.368 e. The summed E-state index contributed by atoms with van der Waals surface area (Å²) in [4.78, 5) is 15.1. The fourth-order valence-corrected chi connectivity index (χ4v) is 2.93. The molecule has 0 aliphatic carbocycles. The first-order valence-electron chi connectivity index (χ1n) is 7.38. The fourth-order valence-electron chi connectivity index (χ4n) is 2.93. The largest absolute Gasteiger partial charge is 0.368 e. The molecule has 1 aliphatic heterocycles. The Morgan fingerprint density at radius 3 is 3.00 bits per heavy atom. The number of rotatable bonds is 2. The third-order valence-corrected chi connectivity index (χ3v) is 3.94. The van der Waals surface area contributed by atoms with Gasteiger partial charge in [0, 0.05) is 36.6 Å². The van der Waals surface area contributed by atoms with Gasteiger partial charge in [-0.1, -0.05) is 6.07 Å². The summed E-state index contributed by atoms with van der Waals surface area (Å²) in [7, 11) is 0. The van der Waals surface area contributed by atoms with Crippen LogP contribution in [0.1, 0.15) is 18.5 Å². The van der Waals surface area contributed by atoms with E-state index in [0.717, 1.165) is 42.0 Å². The highest BCUT2D eigenvalue weighted by molar-refractivity contribution is 5.78. The van der Waals surface area contributed by atoms with E-state index in [1.54, 1.807) is 12.4 Å². The first-order valence-corrected chi connectivity index (χ1v) is 7.38. The van der Waals surface area contributed by atoms with E-state index < -0.39 is 0 Å². The van der Waals surface area contributed by atoms with E-state index in [0.29, 0.717) is 6.54 Å². The summed E-state index contributed by atoms with van der Waals surface area (Å²) < 4.78 is 0. The zero-order valence-corrected chi connectivity index (χ0v) is 12.5. The molecule has 1 fully saturated rings. The van der Waals surface area contributed by atoms with Gasteiger partial charge in [0.05, 0.1) is 17.7 Å². The number of piperidine rings is 1. The van der Waals surface area contributed by atoms with E-state index in [-0.39, 0.29) is 11.9 Å². The van der Waals surface area contributed by atoms with Gasteiger partial charge in [0.25, 0.3) is 0 Å². The van der Waals surface area contributed by atoms with Crippen molar-refractivity contribution in [2.75, 3.05) is 23.7 Å². The van der Waals surface area contributed by atoms with Crippen LogP contribution in [-0.4, -0.2) is 28.0 Å². The molecule has 1 saturated heterocycles. The standard InChI is InChI=1S/C16H18N6/c1-11-14(13-5-2-6-19-9-13)15(21-16(18)20-11)22-7-3-4-12(8-17)10-22/h2,5-6,9,12H,3-4,7,10H2,1H3,(H2,18,20,21). The predicted octanol–water partition coefficient (Wildman–Crippen LogP) is 2.17. The fraction of sp³-hybridized carbons (Fsp3) is 0.375. The summed E-state index contributed by atoms with van der Waals surface area (Å²) in [5.74, 6) is 1.10. The Balaban J connectivity index is 2.09. The van der Waals surface area contributed by atoms with E-state index in [1.165, 1.54) is 0 Å². The summed E-state index contributed by atoms with van der Waals surface area (Å²) in [6, 6.07) is 6.25. The molecule has 0 spiro atoms. The van der Waals surface area contributed by atoms with Gasteiger partial charge in [0.2, 0.25) is 5.95 Å². The van der Waals surface area contributed by atoms with Crippen molar-refractivity contribution in [3.05, 3.63) is 30.2 Å². The Labute approximate surface area is 129 Å². The lowest BCUT2D eigenvalue weighted by Gasteiger charge is -2.32. The van der Waals surface area contributed by atoms with Gasteiger partial charge in [-0.05, 0) is 25.8 Å². The van der Waals surface area contributed by atoms with E-state index in [4.69, 9.17) is 5.73 Å². The van der Waals surface area contributed by atoms with Gasteiger partial charge in [-0.3, -0.25) is 4.98 Å². The van der Waals surface area contributed by atoms with Crippen LogP contribution in [0.25, 0.3) is 11.1 Å². The molecular weight excluding hydrogens is 276 g/mol. The number of nitrogens with two attached hydrogens (primary N) is 1. The Bertz CT molecular complexity index is 707. The van der Waals surface area contributed by atoms with Crippen molar-refractivity contribution < 1.29 is 0 Å². The van der Waals surface area contributed by atoms with Gasteiger partial charge in [-0.15, -0.1) is 0 Å². The molecule has 1 aliphatic rings. The summed E-state index contributed by atoms with van der Waals surface area (Å²) in [5, 5.41) is 9.21. The number of anilines is 2. The van der Waals surface area contributed by atoms with Gasteiger partial charge in [-0.25, -0.2) is 4.98 Å². The average Bonchev–Trinajstić information content (AvgIpc) is 2.55. The lowest BCUT2D eigenvalue weighted by atomic mass is 9.98. The molecule has 3 rings (SSSR count). The molecule has 22 heavy (non-hydrogen) atoms. The number of hydrogen-bond donors (Lipinski definition) is 1. The van der Waals surface area contributed by atoms with Crippen LogP contribution in [0.4, 0.5) is 11.8 Å². The van der Waals surface area contributed by atoms with Crippen LogP contribution in [0, 0.1) is 24.2 Å². The van der Waals surface area contributed by atoms with Gasteiger partial charge in [0.15, 0.2) is 0 Å². The van der Waals surface area contributed by atoms with Crippen LogP contribution < -0.4 is 10.6 Å². The van der Waals surface area contributed by atoms with Gasteiger partial charge in [0.1, 0.15) is 5.82 Å². The van der Waals surface area contributed by atoms with Crippen LogP contribution in [0.2, 0.25) is 0 Å². The van der Waals surface area contributed by atoms with Crippen molar-refractivity contribution in [1.82, 2.24) is 15.0 Å². The number of pyridine rings is 1. The smallest absolute Gasteiger partial charge is 0.222 e. The Kier molecular flexibility index (Phi) is 3.88. The Hall–Kier alpha value is -2.68. The van der Waals surface area contributed by atoms with E-state index >= 15 is 0 Å². The van der Waals surface area contributed by atoms with E-state index in [9.17, 15) is 5.26 Å². The molecule has 0 bridgehead atoms. The molecule has 2 aromatic rings. The molecule has 3 heterocycles. The summed E-state index contributed by atoms with van der Waals surface area (Å²) >= 11 is 0. The zero-order valence-electron chi connectivity index (χ0n) is 12.5. The molecule has 0 radical (unpaired) electrons. The molecule has 1 unspecified atom stereocenters. The summed E-state index contributed by atoms with van der Waals surface area (Å²) in [6.07, 6.45) is 5.46. The van der Waals surface area contributed by atoms with Crippen molar-refractivity contribution >= 4 is 11.8 Å². The molecule has 6 heteroatoms. The maximum atomic E-state index is 9.21. The van der Waals surface area contributed by atoms with Crippen LogP contribution in [-0.2, 0) is 0 Å². The van der Waals surface area contributed by atoms with Crippen molar-refractivity contribution in [2.45, 2.75) is 19.8 Å². The first kappa shape index (κ1) is 14.3. The lowest BCUT2D eigenvalue weighted by Crippen LogP contribution is -2.36. The van der Waals surface area contributed by atoms with Crippen molar-refractivity contribution in [3.63, 3.8) is 0 Å². The van der Waals surface area contributed by atoms with Gasteiger partial charge < -0.3 is 10.6 Å². The summed E-state index contributed by atoms with van der Waals surface area (Å²) in [5.41, 5.74) is 8.59. The van der Waals surface area contributed by atoms with Gasteiger partial charge in [-0.2, -0.15) is 10.2 Å². The van der Waals surface area contributed by atoms with E-state index in [1.807, 2.05) is 19.1 Å². The molecule has 1 atom stereocenters. The second-order valence-corrected chi connectivity index (χ2v) is 5.52. The molecule has 2 aromatic heterocycles. The predicted molar refractivity (Wildman–Crippen MR) is 85.0 cm³/mol. The number of nitrogen functional groups attached to an aromatic ring is 1. The lowest BCUT2D eigenvalue weighted by molar-refractivity contribution is 0.491. The normalized spacial score (nSPS) is 18.0. The number of aryl methyl sites for hydroxylation is 1. The monoisotopic (exact) mass is 294 g/mol. The second kappa shape index (κ2) is 5.98. The minimum absolute atomic E-state index is 0.0343. The first-order chi connectivity index (χ1) is 10.7.